The molecule has 4 nitrogen and oxygen atoms in total. The second kappa shape index (κ2) is 4.46. The van der Waals surface area contributed by atoms with Crippen molar-refractivity contribution in [2.45, 2.75) is 12.8 Å². The molecule has 0 saturated carbocycles. The van der Waals surface area contributed by atoms with E-state index in [2.05, 4.69) is 22.1 Å². The van der Waals surface area contributed by atoms with Crippen molar-refractivity contribution in [2.75, 3.05) is 26.7 Å². The lowest BCUT2D eigenvalue weighted by Gasteiger charge is -2.29. The summed E-state index contributed by atoms with van der Waals surface area (Å²) in [5.74, 6) is 1.52. The smallest absolute Gasteiger partial charge is 0.156 e. The highest BCUT2D eigenvalue weighted by atomic mass is 16.5. The lowest BCUT2D eigenvalue weighted by Crippen LogP contribution is -2.34. The number of aromatic nitrogens is 2. The number of nitrogens with zero attached hydrogens (tertiary/aromatic N) is 2. The Morgan fingerprint density at radius 1 is 1.71 bits per heavy atom. The monoisotopic (exact) mass is 195 g/mol. The van der Waals surface area contributed by atoms with Crippen LogP contribution in [0.1, 0.15) is 12.8 Å². The number of hydrogen-bond donors (Lipinski definition) is 1. The van der Waals surface area contributed by atoms with Crippen molar-refractivity contribution in [3.8, 4) is 5.75 Å². The summed E-state index contributed by atoms with van der Waals surface area (Å²) >= 11 is 0. The molecule has 0 aliphatic carbocycles. The Morgan fingerprint density at radius 2 is 2.64 bits per heavy atom. The standard InChI is InChI=1S/C10H17N3O/c1-13-4-2-3-9(7-13)8-14-10-5-11-12-6-10/h5-6,9H,2-4,7-8H2,1H3,(H,11,12). The van der Waals surface area contributed by atoms with Gasteiger partial charge in [0.1, 0.15) is 0 Å². The van der Waals surface area contributed by atoms with Gasteiger partial charge >= 0.3 is 0 Å². The maximum absolute atomic E-state index is 5.61. The number of hydrogen-bond acceptors (Lipinski definition) is 3. The second-order valence-electron chi connectivity index (χ2n) is 4.02. The van der Waals surface area contributed by atoms with Crippen molar-refractivity contribution in [3.63, 3.8) is 0 Å². The lowest BCUT2D eigenvalue weighted by atomic mass is 10.00. The Morgan fingerprint density at radius 3 is 3.36 bits per heavy atom. The highest BCUT2D eigenvalue weighted by Gasteiger charge is 2.17. The molecular formula is C10H17N3O. The zero-order valence-electron chi connectivity index (χ0n) is 8.57. The van der Waals surface area contributed by atoms with Gasteiger partial charge in [-0.3, -0.25) is 5.10 Å². The first kappa shape index (κ1) is 9.52. The quantitative estimate of drug-likeness (QED) is 0.786. The molecule has 78 valence electrons. The number of H-pyrrole nitrogens is 1. The molecule has 1 saturated heterocycles. The van der Waals surface area contributed by atoms with E-state index in [1.807, 2.05) is 0 Å². The van der Waals surface area contributed by atoms with E-state index in [-0.39, 0.29) is 0 Å². The van der Waals surface area contributed by atoms with E-state index in [0.717, 1.165) is 18.9 Å². The fourth-order valence-corrected chi connectivity index (χ4v) is 1.94. The maximum atomic E-state index is 5.61. The van der Waals surface area contributed by atoms with Crippen LogP contribution in [0.5, 0.6) is 5.75 Å². The first-order valence-corrected chi connectivity index (χ1v) is 5.15. The second-order valence-corrected chi connectivity index (χ2v) is 4.02. The predicted octanol–water partition coefficient (Wildman–Crippen LogP) is 1.13. The molecule has 0 amide bonds. The van der Waals surface area contributed by atoms with E-state index in [1.54, 1.807) is 12.4 Å². The molecule has 14 heavy (non-hydrogen) atoms. The largest absolute Gasteiger partial charge is 0.490 e. The van der Waals surface area contributed by atoms with Crippen LogP contribution in [0.2, 0.25) is 0 Å². The van der Waals surface area contributed by atoms with Gasteiger partial charge < -0.3 is 9.64 Å². The van der Waals surface area contributed by atoms with Crippen LogP contribution in [0, 0.1) is 5.92 Å². The Balaban J connectivity index is 1.75. The van der Waals surface area contributed by atoms with E-state index in [9.17, 15) is 0 Å². The Hall–Kier alpha value is -1.03. The van der Waals surface area contributed by atoms with Gasteiger partial charge in [0.15, 0.2) is 5.75 Å². The number of likely N-dealkylation sites (tertiary alicyclic amines) is 1. The first-order chi connectivity index (χ1) is 6.84. The first-order valence-electron chi connectivity index (χ1n) is 5.15. The summed E-state index contributed by atoms with van der Waals surface area (Å²) in [6, 6.07) is 0. The van der Waals surface area contributed by atoms with Crippen LogP contribution in [-0.2, 0) is 0 Å². The van der Waals surface area contributed by atoms with Gasteiger partial charge in [-0.2, -0.15) is 5.10 Å². The molecule has 1 aromatic heterocycles. The van der Waals surface area contributed by atoms with Gasteiger partial charge in [-0.05, 0) is 26.4 Å². The number of nitrogens with one attached hydrogen (secondary N) is 1. The van der Waals surface area contributed by atoms with Gasteiger partial charge in [0, 0.05) is 12.5 Å². The van der Waals surface area contributed by atoms with Crippen molar-refractivity contribution in [3.05, 3.63) is 12.4 Å². The molecule has 4 heteroatoms. The van der Waals surface area contributed by atoms with Gasteiger partial charge in [0.25, 0.3) is 0 Å². The van der Waals surface area contributed by atoms with Gasteiger partial charge in [-0.1, -0.05) is 0 Å². The molecule has 2 heterocycles. The van der Waals surface area contributed by atoms with Gasteiger partial charge in [-0.15, -0.1) is 0 Å². The van der Waals surface area contributed by atoms with Crippen LogP contribution in [0.15, 0.2) is 12.4 Å². The van der Waals surface area contributed by atoms with E-state index in [1.165, 1.54) is 19.4 Å². The number of rotatable bonds is 3. The molecule has 1 aliphatic rings. The minimum absolute atomic E-state index is 0.670. The third-order valence-electron chi connectivity index (χ3n) is 2.68. The van der Waals surface area contributed by atoms with Crippen LogP contribution in [-0.4, -0.2) is 41.8 Å². The van der Waals surface area contributed by atoms with Crippen LogP contribution in [0.3, 0.4) is 0 Å². The predicted molar refractivity (Wildman–Crippen MR) is 54.3 cm³/mol. The molecule has 1 fully saturated rings. The molecule has 1 aliphatic heterocycles. The fraction of sp³-hybridized carbons (Fsp3) is 0.700. The Labute approximate surface area is 84.3 Å². The average Bonchev–Trinajstić information content (AvgIpc) is 2.67. The van der Waals surface area contributed by atoms with E-state index in [0.29, 0.717) is 5.92 Å². The van der Waals surface area contributed by atoms with Gasteiger partial charge in [0.2, 0.25) is 0 Å². The van der Waals surface area contributed by atoms with Crippen LogP contribution >= 0.6 is 0 Å². The van der Waals surface area contributed by atoms with Crippen molar-refractivity contribution in [1.82, 2.24) is 15.1 Å². The molecule has 1 atom stereocenters. The van der Waals surface area contributed by atoms with Crippen LogP contribution < -0.4 is 4.74 Å². The summed E-state index contributed by atoms with van der Waals surface area (Å²) in [5.41, 5.74) is 0. The molecular weight excluding hydrogens is 178 g/mol. The molecule has 0 bridgehead atoms. The van der Waals surface area contributed by atoms with E-state index < -0.39 is 0 Å². The average molecular weight is 195 g/mol. The Kier molecular flexibility index (Phi) is 3.03. The maximum Gasteiger partial charge on any atom is 0.156 e. The third kappa shape index (κ3) is 2.48. The molecule has 0 spiro atoms. The van der Waals surface area contributed by atoms with Gasteiger partial charge in [0.05, 0.1) is 19.0 Å². The lowest BCUT2D eigenvalue weighted by molar-refractivity contribution is 0.150. The summed E-state index contributed by atoms with van der Waals surface area (Å²) in [4.78, 5) is 2.37. The molecule has 1 unspecified atom stereocenters. The summed E-state index contributed by atoms with van der Waals surface area (Å²) < 4.78 is 5.61. The number of ether oxygens (including phenoxy) is 1. The van der Waals surface area contributed by atoms with Crippen LogP contribution in [0.4, 0.5) is 0 Å². The van der Waals surface area contributed by atoms with E-state index in [4.69, 9.17) is 4.74 Å². The zero-order valence-corrected chi connectivity index (χ0v) is 8.57. The van der Waals surface area contributed by atoms with Crippen molar-refractivity contribution in [2.24, 2.45) is 5.92 Å². The van der Waals surface area contributed by atoms with Crippen LogP contribution in [0.25, 0.3) is 0 Å². The molecule has 0 aromatic carbocycles. The third-order valence-corrected chi connectivity index (χ3v) is 2.68. The van der Waals surface area contributed by atoms with Gasteiger partial charge in [-0.25, -0.2) is 0 Å². The minimum atomic E-state index is 0.670. The summed E-state index contributed by atoms with van der Waals surface area (Å²) in [6.07, 6.45) is 6.07. The molecule has 1 aromatic rings. The summed E-state index contributed by atoms with van der Waals surface area (Å²) in [7, 11) is 2.17. The summed E-state index contributed by atoms with van der Waals surface area (Å²) in [5, 5.41) is 6.58. The minimum Gasteiger partial charge on any atom is -0.490 e. The Bertz CT molecular complexity index is 260. The topological polar surface area (TPSA) is 41.1 Å². The summed E-state index contributed by atoms with van der Waals surface area (Å²) in [6.45, 7) is 3.18. The van der Waals surface area contributed by atoms with Crippen molar-refractivity contribution in [1.29, 1.82) is 0 Å². The normalized spacial score (nSPS) is 23.6. The molecule has 0 radical (unpaired) electrons. The SMILES string of the molecule is CN1CCCC(COc2cn[nH]c2)C1. The zero-order chi connectivity index (χ0) is 9.80. The molecule has 2 rings (SSSR count). The van der Waals surface area contributed by atoms with Crippen molar-refractivity contribution < 1.29 is 4.74 Å². The highest BCUT2D eigenvalue weighted by Crippen LogP contribution is 2.16. The fourth-order valence-electron chi connectivity index (χ4n) is 1.94. The van der Waals surface area contributed by atoms with Crippen molar-refractivity contribution >= 4 is 0 Å². The number of piperidine rings is 1. The highest BCUT2D eigenvalue weighted by molar-refractivity contribution is 5.10. The number of aromatic amines is 1. The molecule has 1 N–H and O–H groups in total. The van der Waals surface area contributed by atoms with E-state index >= 15 is 0 Å².